The normalized spacial score (nSPS) is 10.9. The maximum atomic E-state index is 12.0. The molecule has 3 aromatic rings. The van der Waals surface area contributed by atoms with E-state index in [1.165, 1.54) is 4.70 Å². The Bertz CT molecular complexity index is 779. The van der Waals surface area contributed by atoms with Crippen molar-refractivity contribution in [1.82, 2.24) is 10.3 Å². The average molecular weight is 340 g/mol. The lowest BCUT2D eigenvalue weighted by Crippen LogP contribution is -2.25. The summed E-state index contributed by atoms with van der Waals surface area (Å²) in [5, 5.41) is 13.0. The van der Waals surface area contributed by atoms with E-state index >= 15 is 0 Å². The lowest BCUT2D eigenvalue weighted by molar-refractivity contribution is -0.121. The first-order valence-corrected chi connectivity index (χ1v) is 8.86. The van der Waals surface area contributed by atoms with Crippen LogP contribution in [0.3, 0.4) is 0 Å². The van der Waals surface area contributed by atoms with Crippen LogP contribution in [0, 0.1) is 0 Å². The molecule has 0 unspecified atom stereocenters. The molecule has 0 radical (unpaired) electrons. The topological polar surface area (TPSA) is 62.2 Å². The lowest BCUT2D eigenvalue weighted by Gasteiger charge is -2.05. The van der Waals surface area contributed by atoms with Crippen molar-refractivity contribution in [2.24, 2.45) is 0 Å². The molecule has 124 valence electrons. The van der Waals surface area contributed by atoms with E-state index in [-0.39, 0.29) is 12.5 Å². The highest BCUT2D eigenvalue weighted by atomic mass is 32.1. The Balaban J connectivity index is 1.42. The number of aliphatic hydroxyl groups excluding tert-OH is 1. The monoisotopic (exact) mass is 340 g/mol. The van der Waals surface area contributed by atoms with Crippen molar-refractivity contribution < 1.29 is 9.90 Å². The predicted molar refractivity (Wildman–Crippen MR) is 97.0 cm³/mol. The predicted octanol–water partition coefficient (Wildman–Crippen LogP) is 3.08. The Morgan fingerprint density at radius 1 is 1.04 bits per heavy atom. The van der Waals surface area contributed by atoms with Crippen molar-refractivity contribution in [3.05, 3.63) is 64.7 Å². The van der Waals surface area contributed by atoms with Crippen molar-refractivity contribution in [1.29, 1.82) is 0 Å². The standard InChI is InChI=1S/C19H20N2O2S/c22-13-15-7-5-14(6-8-15)11-12-20-18(23)9-10-19-21-16-3-1-2-4-17(16)24-19/h1-8,22H,9-13H2,(H,20,23). The Morgan fingerprint density at radius 2 is 1.79 bits per heavy atom. The number of thiazole rings is 1. The first-order chi connectivity index (χ1) is 11.7. The molecule has 0 aliphatic rings. The number of nitrogens with zero attached hydrogens (tertiary/aromatic N) is 1. The Hall–Kier alpha value is -2.24. The number of aliphatic hydroxyl groups is 1. The molecular weight excluding hydrogens is 320 g/mol. The van der Waals surface area contributed by atoms with Gasteiger partial charge in [0, 0.05) is 19.4 Å². The number of carbonyl (C=O) groups excluding carboxylic acids is 1. The number of amides is 1. The van der Waals surface area contributed by atoms with Crippen LogP contribution in [0.1, 0.15) is 22.6 Å². The minimum Gasteiger partial charge on any atom is -0.392 e. The highest BCUT2D eigenvalue weighted by Crippen LogP contribution is 2.22. The first kappa shape index (κ1) is 16.6. The van der Waals surface area contributed by atoms with Gasteiger partial charge in [0.15, 0.2) is 0 Å². The van der Waals surface area contributed by atoms with Crippen LogP contribution >= 0.6 is 11.3 Å². The lowest BCUT2D eigenvalue weighted by atomic mass is 10.1. The van der Waals surface area contributed by atoms with Gasteiger partial charge in [-0.1, -0.05) is 36.4 Å². The number of carbonyl (C=O) groups is 1. The SMILES string of the molecule is O=C(CCc1nc2ccccc2s1)NCCc1ccc(CO)cc1. The smallest absolute Gasteiger partial charge is 0.220 e. The molecule has 0 atom stereocenters. The van der Waals surface area contributed by atoms with Gasteiger partial charge in [0.25, 0.3) is 0 Å². The van der Waals surface area contributed by atoms with Gasteiger partial charge in [0.2, 0.25) is 5.91 Å². The fourth-order valence-electron chi connectivity index (χ4n) is 2.49. The molecular formula is C19H20N2O2S. The molecule has 0 saturated carbocycles. The summed E-state index contributed by atoms with van der Waals surface area (Å²) < 4.78 is 1.17. The Morgan fingerprint density at radius 3 is 2.54 bits per heavy atom. The van der Waals surface area contributed by atoms with Gasteiger partial charge in [0.05, 0.1) is 21.8 Å². The summed E-state index contributed by atoms with van der Waals surface area (Å²) in [6, 6.07) is 15.8. The molecule has 5 heteroatoms. The van der Waals surface area contributed by atoms with Gasteiger partial charge in [-0.2, -0.15) is 0 Å². The molecule has 0 bridgehead atoms. The van der Waals surface area contributed by atoms with Crippen LogP contribution in [0.5, 0.6) is 0 Å². The van der Waals surface area contributed by atoms with Gasteiger partial charge in [0.1, 0.15) is 0 Å². The van der Waals surface area contributed by atoms with Crippen molar-refractivity contribution in [3.63, 3.8) is 0 Å². The number of rotatable bonds is 7. The van der Waals surface area contributed by atoms with Gasteiger partial charge in [-0.3, -0.25) is 4.79 Å². The maximum Gasteiger partial charge on any atom is 0.220 e. The summed E-state index contributed by atoms with van der Waals surface area (Å²) in [7, 11) is 0. The fourth-order valence-corrected chi connectivity index (χ4v) is 3.46. The van der Waals surface area contributed by atoms with Crippen molar-refractivity contribution in [2.75, 3.05) is 6.54 Å². The second-order valence-electron chi connectivity index (χ2n) is 5.65. The van der Waals surface area contributed by atoms with Gasteiger partial charge in [-0.15, -0.1) is 11.3 Å². The largest absolute Gasteiger partial charge is 0.392 e. The van der Waals surface area contributed by atoms with Crippen LogP contribution in [0.2, 0.25) is 0 Å². The zero-order chi connectivity index (χ0) is 16.8. The molecule has 3 rings (SSSR count). The van der Waals surface area contributed by atoms with E-state index in [9.17, 15) is 4.79 Å². The number of para-hydroxylation sites is 1. The number of aryl methyl sites for hydroxylation is 1. The molecule has 24 heavy (non-hydrogen) atoms. The zero-order valence-electron chi connectivity index (χ0n) is 13.4. The zero-order valence-corrected chi connectivity index (χ0v) is 14.2. The molecule has 0 saturated heterocycles. The van der Waals surface area contributed by atoms with Gasteiger partial charge < -0.3 is 10.4 Å². The molecule has 1 heterocycles. The maximum absolute atomic E-state index is 12.0. The average Bonchev–Trinajstić information content (AvgIpc) is 3.03. The quantitative estimate of drug-likeness (QED) is 0.695. The third-order valence-electron chi connectivity index (χ3n) is 3.85. The molecule has 1 aromatic heterocycles. The molecule has 0 aliphatic carbocycles. The highest BCUT2D eigenvalue weighted by molar-refractivity contribution is 7.18. The van der Waals surface area contributed by atoms with Crippen LogP contribution in [-0.2, 0) is 24.2 Å². The van der Waals surface area contributed by atoms with Crippen LogP contribution in [0.25, 0.3) is 10.2 Å². The van der Waals surface area contributed by atoms with E-state index in [4.69, 9.17) is 5.11 Å². The van der Waals surface area contributed by atoms with Crippen molar-refractivity contribution in [2.45, 2.75) is 25.9 Å². The van der Waals surface area contributed by atoms with Gasteiger partial charge in [-0.05, 0) is 29.7 Å². The number of nitrogens with one attached hydrogen (secondary N) is 1. The minimum atomic E-state index is 0.0567. The third-order valence-corrected chi connectivity index (χ3v) is 4.94. The number of hydrogen-bond donors (Lipinski definition) is 2. The first-order valence-electron chi connectivity index (χ1n) is 8.04. The third kappa shape index (κ3) is 4.40. The second-order valence-corrected chi connectivity index (χ2v) is 6.77. The van der Waals surface area contributed by atoms with E-state index in [0.717, 1.165) is 28.1 Å². The molecule has 2 N–H and O–H groups in total. The molecule has 0 fully saturated rings. The van der Waals surface area contributed by atoms with Crippen molar-refractivity contribution in [3.8, 4) is 0 Å². The molecule has 0 spiro atoms. The van der Waals surface area contributed by atoms with E-state index < -0.39 is 0 Å². The second kappa shape index (κ2) is 8.04. The summed E-state index contributed by atoms with van der Waals surface area (Å²) in [5.41, 5.74) is 3.06. The summed E-state index contributed by atoms with van der Waals surface area (Å²) in [4.78, 5) is 16.5. The van der Waals surface area contributed by atoms with Crippen LogP contribution in [0.15, 0.2) is 48.5 Å². The van der Waals surface area contributed by atoms with Gasteiger partial charge in [-0.25, -0.2) is 4.98 Å². The van der Waals surface area contributed by atoms with E-state index in [1.54, 1.807) is 11.3 Å². The summed E-state index contributed by atoms with van der Waals surface area (Å²) in [6.07, 6.45) is 1.93. The van der Waals surface area contributed by atoms with Gasteiger partial charge >= 0.3 is 0 Å². The molecule has 2 aromatic carbocycles. The van der Waals surface area contributed by atoms with Crippen molar-refractivity contribution >= 4 is 27.5 Å². The van der Waals surface area contributed by atoms with Crippen LogP contribution < -0.4 is 5.32 Å². The Kier molecular flexibility index (Phi) is 5.56. The number of fused-ring (bicyclic) bond motifs is 1. The molecule has 0 aliphatic heterocycles. The molecule has 1 amide bonds. The van der Waals surface area contributed by atoms with Crippen LogP contribution in [-0.4, -0.2) is 22.5 Å². The van der Waals surface area contributed by atoms with E-state index in [1.807, 2.05) is 42.5 Å². The summed E-state index contributed by atoms with van der Waals surface area (Å²) >= 11 is 1.65. The number of aromatic nitrogens is 1. The minimum absolute atomic E-state index is 0.0567. The van der Waals surface area contributed by atoms with Crippen LogP contribution in [0.4, 0.5) is 0 Å². The Labute approximate surface area is 145 Å². The fraction of sp³-hybridized carbons (Fsp3) is 0.263. The number of benzene rings is 2. The summed E-state index contributed by atoms with van der Waals surface area (Å²) in [6.45, 7) is 0.680. The highest BCUT2D eigenvalue weighted by Gasteiger charge is 2.06. The van der Waals surface area contributed by atoms with E-state index in [0.29, 0.717) is 19.4 Å². The summed E-state index contributed by atoms with van der Waals surface area (Å²) in [5.74, 6) is 0.0567. The molecule has 4 nitrogen and oxygen atoms in total. The number of hydrogen-bond acceptors (Lipinski definition) is 4. The van der Waals surface area contributed by atoms with E-state index in [2.05, 4.69) is 16.4 Å².